The van der Waals surface area contributed by atoms with E-state index in [9.17, 15) is 9.18 Å². The summed E-state index contributed by atoms with van der Waals surface area (Å²) in [5.74, 6) is -0.206. The number of halogens is 2. The molecule has 0 bridgehead atoms. The Hall–Kier alpha value is -1.20. The third kappa shape index (κ3) is 2.79. The Bertz CT molecular complexity index is 655. The fourth-order valence-corrected chi connectivity index (χ4v) is 3.71. The molecule has 0 fully saturated rings. The zero-order valence-electron chi connectivity index (χ0n) is 10.7. The number of carbonyl (C=O) groups is 1. The van der Waals surface area contributed by atoms with E-state index >= 15 is 0 Å². The van der Waals surface area contributed by atoms with E-state index in [1.807, 2.05) is 4.90 Å². The number of fused-ring (bicyclic) bond motifs is 1. The first-order valence-electron chi connectivity index (χ1n) is 6.40. The van der Waals surface area contributed by atoms with Gasteiger partial charge in [-0.2, -0.15) is 0 Å². The van der Waals surface area contributed by atoms with E-state index in [2.05, 4.69) is 27.4 Å². The Labute approximate surface area is 129 Å². The van der Waals surface area contributed by atoms with E-state index in [0.29, 0.717) is 17.4 Å². The molecule has 1 amide bonds. The summed E-state index contributed by atoms with van der Waals surface area (Å²) in [7, 11) is 0. The fourth-order valence-electron chi connectivity index (χ4n) is 2.40. The van der Waals surface area contributed by atoms with Gasteiger partial charge in [0.05, 0.1) is 10.9 Å². The van der Waals surface area contributed by atoms with Gasteiger partial charge in [-0.15, -0.1) is 11.3 Å². The van der Waals surface area contributed by atoms with Crippen LogP contribution in [0.2, 0.25) is 0 Å². The molecule has 2 heterocycles. The first-order valence-corrected chi connectivity index (χ1v) is 8.07. The molecule has 0 atom stereocenters. The maximum absolute atomic E-state index is 13.2. The van der Waals surface area contributed by atoms with Crippen LogP contribution < -0.4 is 0 Å². The molecule has 104 valence electrons. The van der Waals surface area contributed by atoms with Gasteiger partial charge in [0, 0.05) is 18.0 Å². The lowest BCUT2D eigenvalue weighted by atomic mass is 10.1. The topological polar surface area (TPSA) is 20.3 Å². The molecule has 1 aromatic carbocycles. The van der Waals surface area contributed by atoms with Crippen molar-refractivity contribution in [2.24, 2.45) is 0 Å². The standard InChI is InChI=1S/C15H13BrFNOS/c16-12-7-10(1-2-13(12)17)8-15(19)18-5-3-14-11(9-18)4-6-20-14/h1-2,4,6-7H,3,5,8-9H2. The summed E-state index contributed by atoms with van der Waals surface area (Å²) in [6, 6.07) is 6.82. The molecule has 0 saturated carbocycles. The van der Waals surface area contributed by atoms with Crippen molar-refractivity contribution in [1.82, 2.24) is 4.90 Å². The van der Waals surface area contributed by atoms with Crippen molar-refractivity contribution in [3.05, 3.63) is 55.9 Å². The van der Waals surface area contributed by atoms with E-state index in [0.717, 1.165) is 18.5 Å². The van der Waals surface area contributed by atoms with Crippen LogP contribution in [0.5, 0.6) is 0 Å². The minimum atomic E-state index is -0.304. The highest BCUT2D eigenvalue weighted by molar-refractivity contribution is 9.10. The molecule has 2 aromatic rings. The molecule has 5 heteroatoms. The van der Waals surface area contributed by atoms with Crippen molar-refractivity contribution in [2.45, 2.75) is 19.4 Å². The van der Waals surface area contributed by atoms with Gasteiger partial charge < -0.3 is 4.90 Å². The number of hydrogen-bond donors (Lipinski definition) is 0. The molecular weight excluding hydrogens is 341 g/mol. The van der Waals surface area contributed by atoms with Crippen molar-refractivity contribution in [2.75, 3.05) is 6.54 Å². The second-order valence-electron chi connectivity index (χ2n) is 4.86. The van der Waals surface area contributed by atoms with Crippen molar-refractivity contribution >= 4 is 33.2 Å². The number of hydrogen-bond acceptors (Lipinski definition) is 2. The predicted octanol–water partition coefficient (Wildman–Crippen LogP) is 3.78. The number of amides is 1. The van der Waals surface area contributed by atoms with Gasteiger partial charge >= 0.3 is 0 Å². The summed E-state index contributed by atoms with van der Waals surface area (Å²) in [5, 5.41) is 2.08. The minimum absolute atomic E-state index is 0.0976. The summed E-state index contributed by atoms with van der Waals surface area (Å²) in [5.41, 5.74) is 2.09. The Morgan fingerprint density at radius 2 is 2.25 bits per heavy atom. The zero-order valence-corrected chi connectivity index (χ0v) is 13.1. The monoisotopic (exact) mass is 353 g/mol. The Morgan fingerprint density at radius 3 is 3.05 bits per heavy atom. The fraction of sp³-hybridized carbons (Fsp3) is 0.267. The van der Waals surface area contributed by atoms with Gasteiger partial charge in [-0.3, -0.25) is 4.79 Å². The van der Waals surface area contributed by atoms with Crippen molar-refractivity contribution in [1.29, 1.82) is 0 Å². The summed E-state index contributed by atoms with van der Waals surface area (Å²) in [4.78, 5) is 15.6. The lowest BCUT2D eigenvalue weighted by Gasteiger charge is -2.27. The molecule has 0 N–H and O–H groups in total. The first kappa shape index (κ1) is 13.8. The number of nitrogens with zero attached hydrogens (tertiary/aromatic N) is 1. The number of rotatable bonds is 2. The van der Waals surface area contributed by atoms with Gasteiger partial charge in [-0.05, 0) is 57.1 Å². The highest BCUT2D eigenvalue weighted by Gasteiger charge is 2.21. The highest BCUT2D eigenvalue weighted by Crippen LogP contribution is 2.25. The largest absolute Gasteiger partial charge is 0.338 e. The lowest BCUT2D eigenvalue weighted by molar-refractivity contribution is -0.131. The quantitative estimate of drug-likeness (QED) is 0.804. The molecule has 0 aliphatic carbocycles. The van der Waals surface area contributed by atoms with Crippen LogP contribution in [0.4, 0.5) is 4.39 Å². The minimum Gasteiger partial charge on any atom is -0.338 e. The summed E-state index contributed by atoms with van der Waals surface area (Å²) in [6.07, 6.45) is 1.25. The van der Waals surface area contributed by atoms with Crippen molar-refractivity contribution < 1.29 is 9.18 Å². The van der Waals surface area contributed by atoms with Crippen LogP contribution in [0.1, 0.15) is 16.0 Å². The SMILES string of the molecule is O=C(Cc1ccc(F)c(Br)c1)N1CCc2sccc2C1. The smallest absolute Gasteiger partial charge is 0.227 e. The van der Waals surface area contributed by atoms with Crippen LogP contribution in [0.3, 0.4) is 0 Å². The molecule has 0 radical (unpaired) electrons. The molecule has 0 unspecified atom stereocenters. The van der Waals surface area contributed by atoms with Crippen LogP contribution >= 0.6 is 27.3 Å². The van der Waals surface area contributed by atoms with Gasteiger partial charge in [-0.1, -0.05) is 6.07 Å². The molecule has 0 saturated heterocycles. The first-order chi connectivity index (χ1) is 9.63. The third-order valence-electron chi connectivity index (χ3n) is 3.50. The Balaban J connectivity index is 1.69. The average Bonchev–Trinajstić information content (AvgIpc) is 2.90. The van der Waals surface area contributed by atoms with Crippen LogP contribution in [0.25, 0.3) is 0 Å². The normalized spacial score (nSPS) is 14.2. The maximum Gasteiger partial charge on any atom is 0.227 e. The van der Waals surface area contributed by atoms with Crippen LogP contribution in [-0.4, -0.2) is 17.4 Å². The molecule has 1 aliphatic rings. The second kappa shape index (κ2) is 5.66. The number of carbonyl (C=O) groups excluding carboxylic acids is 1. The molecule has 1 aliphatic heterocycles. The van der Waals surface area contributed by atoms with Gasteiger partial charge in [0.25, 0.3) is 0 Å². The van der Waals surface area contributed by atoms with Crippen LogP contribution in [0.15, 0.2) is 34.1 Å². The summed E-state index contributed by atoms with van der Waals surface area (Å²) >= 11 is 4.91. The molecule has 3 rings (SSSR count). The molecule has 1 aromatic heterocycles. The van der Waals surface area contributed by atoms with Crippen LogP contribution in [-0.2, 0) is 24.2 Å². The lowest BCUT2D eigenvalue weighted by Crippen LogP contribution is -2.36. The average molecular weight is 354 g/mol. The molecule has 0 spiro atoms. The zero-order chi connectivity index (χ0) is 14.1. The Kier molecular flexibility index (Phi) is 3.89. The predicted molar refractivity (Wildman–Crippen MR) is 81.2 cm³/mol. The summed E-state index contributed by atoms with van der Waals surface area (Å²) in [6.45, 7) is 1.47. The van der Waals surface area contributed by atoms with Crippen molar-refractivity contribution in [3.8, 4) is 0 Å². The van der Waals surface area contributed by atoms with Gasteiger partial charge in [0.15, 0.2) is 0 Å². The number of benzene rings is 1. The van der Waals surface area contributed by atoms with Gasteiger partial charge in [-0.25, -0.2) is 4.39 Å². The highest BCUT2D eigenvalue weighted by atomic mass is 79.9. The third-order valence-corrected chi connectivity index (χ3v) is 5.13. The molecular formula is C15H13BrFNOS. The maximum atomic E-state index is 13.2. The van der Waals surface area contributed by atoms with Gasteiger partial charge in [0.2, 0.25) is 5.91 Å². The van der Waals surface area contributed by atoms with E-state index in [-0.39, 0.29) is 11.7 Å². The summed E-state index contributed by atoms with van der Waals surface area (Å²) < 4.78 is 13.6. The number of thiophene rings is 1. The van der Waals surface area contributed by atoms with E-state index < -0.39 is 0 Å². The molecule has 2 nitrogen and oxygen atoms in total. The van der Waals surface area contributed by atoms with Gasteiger partial charge in [0.1, 0.15) is 5.82 Å². The Morgan fingerprint density at radius 1 is 1.40 bits per heavy atom. The van der Waals surface area contributed by atoms with Crippen molar-refractivity contribution in [3.63, 3.8) is 0 Å². The van der Waals surface area contributed by atoms with E-state index in [4.69, 9.17) is 0 Å². The van der Waals surface area contributed by atoms with E-state index in [1.165, 1.54) is 16.5 Å². The van der Waals surface area contributed by atoms with E-state index in [1.54, 1.807) is 23.5 Å². The second-order valence-corrected chi connectivity index (χ2v) is 6.71. The van der Waals surface area contributed by atoms with Crippen LogP contribution in [0, 0.1) is 5.82 Å². The molecule has 20 heavy (non-hydrogen) atoms.